The molecule has 0 amide bonds. The third-order valence-electron chi connectivity index (χ3n) is 3.51. The van der Waals surface area contributed by atoms with Crippen LogP contribution in [-0.4, -0.2) is 34.1 Å². The van der Waals surface area contributed by atoms with Gasteiger partial charge in [-0.25, -0.2) is 9.97 Å². The molecule has 5 heteroatoms. The first-order valence-corrected chi connectivity index (χ1v) is 7.89. The van der Waals surface area contributed by atoms with Crippen molar-refractivity contribution in [3.63, 3.8) is 0 Å². The smallest absolute Gasteiger partial charge is 0.134 e. The monoisotopic (exact) mass is 266 g/mol. The maximum absolute atomic E-state index is 4.38. The molecule has 1 aliphatic rings. The molecule has 2 atom stereocenters. The molecule has 2 N–H and O–H groups in total. The van der Waals surface area contributed by atoms with E-state index in [0.717, 1.165) is 23.7 Å². The Kier molecular flexibility index (Phi) is 4.69. The quantitative estimate of drug-likeness (QED) is 0.858. The van der Waals surface area contributed by atoms with Crippen molar-refractivity contribution in [1.29, 1.82) is 0 Å². The zero-order chi connectivity index (χ0) is 13.0. The zero-order valence-corrected chi connectivity index (χ0v) is 12.2. The zero-order valence-electron chi connectivity index (χ0n) is 11.4. The first kappa shape index (κ1) is 13.5. The summed E-state index contributed by atoms with van der Waals surface area (Å²) in [4.78, 5) is 8.66. The third-order valence-corrected chi connectivity index (χ3v) is 4.68. The van der Waals surface area contributed by atoms with Crippen molar-refractivity contribution in [2.45, 2.75) is 44.4 Å². The van der Waals surface area contributed by atoms with E-state index >= 15 is 0 Å². The minimum absolute atomic E-state index is 0.545. The number of nitrogens with zero attached hydrogens (tertiary/aromatic N) is 2. The Bertz CT molecular complexity index is 397. The van der Waals surface area contributed by atoms with Gasteiger partial charge in [0.05, 0.1) is 0 Å². The Morgan fingerprint density at radius 3 is 2.83 bits per heavy atom. The summed E-state index contributed by atoms with van der Waals surface area (Å²) in [5.41, 5.74) is 1.12. The van der Waals surface area contributed by atoms with Crippen LogP contribution in [0.15, 0.2) is 6.33 Å². The fourth-order valence-electron chi connectivity index (χ4n) is 2.49. The molecule has 1 fully saturated rings. The van der Waals surface area contributed by atoms with Gasteiger partial charge in [0.1, 0.15) is 18.0 Å². The van der Waals surface area contributed by atoms with Gasteiger partial charge in [-0.2, -0.15) is 11.8 Å². The fraction of sp³-hybridized carbons (Fsp3) is 0.692. The average molecular weight is 266 g/mol. The molecule has 1 heterocycles. The molecule has 2 unspecified atom stereocenters. The number of thioether (sulfide) groups is 1. The predicted octanol–water partition coefficient (Wildman–Crippen LogP) is 2.91. The maximum Gasteiger partial charge on any atom is 0.134 e. The van der Waals surface area contributed by atoms with E-state index in [0.29, 0.717) is 11.3 Å². The van der Waals surface area contributed by atoms with Crippen molar-refractivity contribution in [2.24, 2.45) is 0 Å². The summed E-state index contributed by atoms with van der Waals surface area (Å²) in [6.07, 6.45) is 7.69. The molecule has 18 heavy (non-hydrogen) atoms. The van der Waals surface area contributed by atoms with Crippen LogP contribution in [-0.2, 0) is 0 Å². The van der Waals surface area contributed by atoms with Crippen molar-refractivity contribution in [3.8, 4) is 0 Å². The maximum atomic E-state index is 4.38. The predicted molar refractivity (Wildman–Crippen MR) is 79.5 cm³/mol. The minimum atomic E-state index is 0.545. The van der Waals surface area contributed by atoms with Crippen LogP contribution in [0.5, 0.6) is 0 Å². The number of nitrogens with one attached hydrogen (secondary N) is 2. The second-order valence-corrected chi connectivity index (χ2v) is 5.76. The molecule has 4 nitrogen and oxygen atoms in total. The summed E-state index contributed by atoms with van der Waals surface area (Å²) in [6, 6.07) is 0.545. The van der Waals surface area contributed by atoms with E-state index in [4.69, 9.17) is 0 Å². The molecule has 100 valence electrons. The summed E-state index contributed by atoms with van der Waals surface area (Å²) in [7, 11) is 0. The summed E-state index contributed by atoms with van der Waals surface area (Å²) < 4.78 is 0. The molecule has 0 saturated heterocycles. The lowest BCUT2D eigenvalue weighted by molar-refractivity contribution is 0.761. The molecule has 0 radical (unpaired) electrons. The number of aromatic nitrogens is 2. The Balaban J connectivity index is 2.11. The number of rotatable bonds is 5. The number of anilines is 2. The molecular formula is C13H22N4S. The van der Waals surface area contributed by atoms with E-state index in [1.807, 2.05) is 11.8 Å². The van der Waals surface area contributed by atoms with Crippen molar-refractivity contribution < 1.29 is 0 Å². The Hall–Kier alpha value is -0.970. The van der Waals surface area contributed by atoms with Gasteiger partial charge in [0.15, 0.2) is 0 Å². The van der Waals surface area contributed by atoms with Gasteiger partial charge in [-0.1, -0.05) is 6.42 Å². The second kappa shape index (κ2) is 6.27. The molecule has 1 aliphatic carbocycles. The lowest BCUT2D eigenvalue weighted by atomic mass is 10.2. The SMILES string of the molecule is CCNc1ncnc(NC2CCCC2SC)c1C. The highest BCUT2D eigenvalue weighted by Gasteiger charge is 2.27. The molecule has 1 aromatic heterocycles. The van der Waals surface area contributed by atoms with Gasteiger partial charge in [0.2, 0.25) is 0 Å². The van der Waals surface area contributed by atoms with Crippen LogP contribution in [0.4, 0.5) is 11.6 Å². The normalized spacial score (nSPS) is 23.1. The van der Waals surface area contributed by atoms with Gasteiger partial charge in [0, 0.05) is 23.4 Å². The van der Waals surface area contributed by atoms with Crippen LogP contribution < -0.4 is 10.6 Å². The highest BCUT2D eigenvalue weighted by Crippen LogP contribution is 2.31. The second-order valence-electron chi connectivity index (χ2n) is 4.68. The first-order valence-electron chi connectivity index (χ1n) is 6.61. The minimum Gasteiger partial charge on any atom is -0.370 e. The van der Waals surface area contributed by atoms with Crippen LogP contribution in [0.2, 0.25) is 0 Å². The van der Waals surface area contributed by atoms with Crippen LogP contribution in [0, 0.1) is 6.92 Å². The molecule has 1 saturated carbocycles. The van der Waals surface area contributed by atoms with Crippen molar-refractivity contribution in [3.05, 3.63) is 11.9 Å². The van der Waals surface area contributed by atoms with E-state index in [-0.39, 0.29) is 0 Å². The van der Waals surface area contributed by atoms with E-state index in [2.05, 4.69) is 40.7 Å². The molecule has 0 aliphatic heterocycles. The Morgan fingerprint density at radius 1 is 1.33 bits per heavy atom. The van der Waals surface area contributed by atoms with Gasteiger partial charge < -0.3 is 10.6 Å². The van der Waals surface area contributed by atoms with Crippen LogP contribution in [0.3, 0.4) is 0 Å². The molecule has 1 aromatic rings. The van der Waals surface area contributed by atoms with Gasteiger partial charge in [-0.15, -0.1) is 0 Å². The largest absolute Gasteiger partial charge is 0.370 e. The summed E-state index contributed by atoms with van der Waals surface area (Å²) in [5.74, 6) is 1.92. The van der Waals surface area contributed by atoms with Crippen LogP contribution in [0.25, 0.3) is 0 Å². The van der Waals surface area contributed by atoms with E-state index in [9.17, 15) is 0 Å². The Labute approximate surface area is 113 Å². The van der Waals surface area contributed by atoms with E-state index < -0.39 is 0 Å². The highest BCUT2D eigenvalue weighted by molar-refractivity contribution is 7.99. The van der Waals surface area contributed by atoms with Gasteiger partial charge in [-0.05, 0) is 32.9 Å². The number of hydrogen-bond acceptors (Lipinski definition) is 5. The summed E-state index contributed by atoms with van der Waals surface area (Å²) in [6.45, 7) is 5.03. The summed E-state index contributed by atoms with van der Waals surface area (Å²) in [5, 5.41) is 7.58. The summed E-state index contributed by atoms with van der Waals surface area (Å²) >= 11 is 1.96. The number of hydrogen-bond donors (Lipinski definition) is 2. The van der Waals surface area contributed by atoms with E-state index in [1.165, 1.54) is 19.3 Å². The van der Waals surface area contributed by atoms with Crippen molar-refractivity contribution in [2.75, 3.05) is 23.4 Å². The van der Waals surface area contributed by atoms with E-state index in [1.54, 1.807) is 6.33 Å². The van der Waals surface area contributed by atoms with Gasteiger partial charge in [0.25, 0.3) is 0 Å². The molecule has 2 rings (SSSR count). The lowest BCUT2D eigenvalue weighted by Gasteiger charge is -2.21. The first-order chi connectivity index (χ1) is 8.76. The third kappa shape index (κ3) is 2.88. The van der Waals surface area contributed by atoms with Gasteiger partial charge >= 0.3 is 0 Å². The molecule has 0 bridgehead atoms. The Morgan fingerprint density at radius 2 is 2.11 bits per heavy atom. The lowest BCUT2D eigenvalue weighted by Crippen LogP contribution is -2.27. The van der Waals surface area contributed by atoms with Gasteiger partial charge in [-0.3, -0.25) is 0 Å². The standard InChI is InChI=1S/C13H22N4S/c1-4-14-12-9(2)13(16-8-15-12)17-10-6-5-7-11(10)18-3/h8,10-11H,4-7H2,1-3H3,(H2,14,15,16,17). The van der Waals surface area contributed by atoms with Crippen molar-refractivity contribution >= 4 is 23.4 Å². The molecular weight excluding hydrogens is 244 g/mol. The van der Waals surface area contributed by atoms with Crippen LogP contribution in [0.1, 0.15) is 31.7 Å². The molecule has 0 spiro atoms. The van der Waals surface area contributed by atoms with Crippen molar-refractivity contribution in [1.82, 2.24) is 9.97 Å². The highest BCUT2D eigenvalue weighted by atomic mass is 32.2. The fourth-order valence-corrected chi connectivity index (χ4v) is 3.43. The molecule has 0 aromatic carbocycles. The average Bonchev–Trinajstić information content (AvgIpc) is 2.82. The topological polar surface area (TPSA) is 49.8 Å². The van der Waals surface area contributed by atoms with Crippen LogP contribution >= 0.6 is 11.8 Å².